The Labute approximate surface area is 155 Å². The highest BCUT2D eigenvalue weighted by molar-refractivity contribution is 9.10. The van der Waals surface area contributed by atoms with Crippen molar-refractivity contribution >= 4 is 50.9 Å². The van der Waals surface area contributed by atoms with Gasteiger partial charge in [-0.05, 0) is 36.4 Å². The highest BCUT2D eigenvalue weighted by Gasteiger charge is 2.18. The number of aromatic nitrogens is 2. The summed E-state index contributed by atoms with van der Waals surface area (Å²) in [4.78, 5) is 12.8. The van der Waals surface area contributed by atoms with E-state index < -0.39 is 5.82 Å². The lowest BCUT2D eigenvalue weighted by atomic mass is 10.2. The molecule has 0 unspecified atom stereocenters. The number of nitrogens with zero attached hydrogens (tertiary/aromatic N) is 3. The Bertz CT molecular complexity index is 1010. The smallest absolute Gasteiger partial charge is 0.250 e. The Hall–Kier alpha value is -2.51. The first-order chi connectivity index (χ1) is 12.1. The van der Waals surface area contributed by atoms with Crippen LogP contribution in [0.5, 0.6) is 11.6 Å². The molecule has 4 rings (SSSR count). The maximum absolute atomic E-state index is 13.3. The fraction of sp³-hybridized carbons (Fsp3) is 0. The van der Waals surface area contributed by atoms with E-state index in [4.69, 9.17) is 16.3 Å². The van der Waals surface area contributed by atoms with E-state index in [9.17, 15) is 4.39 Å². The Morgan fingerprint density at radius 2 is 2.00 bits per heavy atom. The minimum absolute atomic E-state index is 0.0159. The second-order valence-corrected chi connectivity index (χ2v) is 6.50. The monoisotopic (exact) mass is 418 g/mol. The van der Waals surface area contributed by atoms with Crippen molar-refractivity contribution in [1.29, 1.82) is 0 Å². The number of rotatable bonds is 2. The summed E-state index contributed by atoms with van der Waals surface area (Å²) in [5, 5.41) is 3.08. The average Bonchev–Trinajstić information content (AvgIpc) is 2.78. The number of fused-ring (bicyclic) bond motifs is 2. The van der Waals surface area contributed by atoms with Gasteiger partial charge in [-0.15, -0.1) is 0 Å². The highest BCUT2D eigenvalue weighted by atomic mass is 79.9. The lowest BCUT2D eigenvalue weighted by Gasteiger charge is -2.11. The van der Waals surface area contributed by atoms with Crippen molar-refractivity contribution in [1.82, 2.24) is 9.97 Å². The Morgan fingerprint density at radius 3 is 2.84 bits per heavy atom. The summed E-state index contributed by atoms with van der Waals surface area (Å²) in [6.45, 7) is 0. The molecule has 2 heterocycles. The standard InChI is InChI=1S/C17H9BrClFN4O/c18-10-1-4-14-9(5-10)7-21-15-16(22-8-23-17(15)25-14)24-11-2-3-13(20)12(19)6-11/h1-8H,(H,22,23,24). The van der Waals surface area contributed by atoms with Crippen LogP contribution in [0.2, 0.25) is 5.02 Å². The van der Waals surface area contributed by atoms with Gasteiger partial charge >= 0.3 is 0 Å². The number of hydrogen-bond donors (Lipinski definition) is 1. The van der Waals surface area contributed by atoms with Crippen LogP contribution in [0.25, 0.3) is 0 Å². The Kier molecular flexibility index (Phi) is 4.10. The molecule has 124 valence electrons. The van der Waals surface area contributed by atoms with E-state index in [1.807, 2.05) is 18.2 Å². The minimum atomic E-state index is -0.490. The number of anilines is 2. The molecule has 0 saturated carbocycles. The molecule has 0 saturated heterocycles. The van der Waals surface area contributed by atoms with Gasteiger partial charge in [-0.1, -0.05) is 27.5 Å². The van der Waals surface area contributed by atoms with Crippen LogP contribution < -0.4 is 10.1 Å². The number of ether oxygens (including phenoxy) is 1. The summed E-state index contributed by atoms with van der Waals surface area (Å²) >= 11 is 9.24. The van der Waals surface area contributed by atoms with Gasteiger partial charge in [0.1, 0.15) is 17.9 Å². The predicted molar refractivity (Wildman–Crippen MR) is 98.2 cm³/mol. The van der Waals surface area contributed by atoms with Gasteiger partial charge in [0.25, 0.3) is 5.88 Å². The molecule has 0 aliphatic carbocycles. The van der Waals surface area contributed by atoms with Crippen molar-refractivity contribution in [3.05, 3.63) is 63.6 Å². The van der Waals surface area contributed by atoms with Crippen molar-refractivity contribution in [2.45, 2.75) is 0 Å². The Balaban J connectivity index is 1.74. The molecule has 1 aliphatic heterocycles. The van der Waals surface area contributed by atoms with Crippen LogP contribution in [0.4, 0.5) is 21.6 Å². The van der Waals surface area contributed by atoms with Crippen molar-refractivity contribution < 1.29 is 9.13 Å². The van der Waals surface area contributed by atoms with Crippen molar-refractivity contribution in [2.75, 3.05) is 5.32 Å². The lowest BCUT2D eigenvalue weighted by Crippen LogP contribution is -1.97. The van der Waals surface area contributed by atoms with Crippen LogP contribution in [0.1, 0.15) is 5.56 Å². The number of hydrogen-bond acceptors (Lipinski definition) is 5. The molecule has 0 atom stereocenters. The molecule has 5 nitrogen and oxygen atoms in total. The molecule has 0 radical (unpaired) electrons. The lowest BCUT2D eigenvalue weighted by molar-refractivity contribution is 0.464. The fourth-order valence-corrected chi connectivity index (χ4v) is 2.87. The first-order valence-electron chi connectivity index (χ1n) is 7.19. The molecule has 2 aromatic carbocycles. The summed E-state index contributed by atoms with van der Waals surface area (Å²) in [6, 6.07) is 9.90. The highest BCUT2D eigenvalue weighted by Crippen LogP contribution is 2.39. The van der Waals surface area contributed by atoms with Gasteiger partial charge in [0, 0.05) is 21.9 Å². The zero-order valence-electron chi connectivity index (χ0n) is 12.5. The van der Waals surface area contributed by atoms with Gasteiger partial charge < -0.3 is 10.1 Å². The average molecular weight is 420 g/mol. The molecule has 3 aromatic rings. The third kappa shape index (κ3) is 3.20. The van der Waals surface area contributed by atoms with Crippen LogP contribution in [0.3, 0.4) is 0 Å². The first-order valence-corrected chi connectivity index (χ1v) is 8.36. The van der Waals surface area contributed by atoms with Crippen LogP contribution in [-0.2, 0) is 0 Å². The summed E-state index contributed by atoms with van der Waals surface area (Å²) in [5.74, 6) is 0.898. The molecule has 0 amide bonds. The van der Waals surface area contributed by atoms with E-state index in [1.54, 1.807) is 12.3 Å². The second-order valence-electron chi connectivity index (χ2n) is 5.17. The van der Waals surface area contributed by atoms with Crippen LogP contribution in [0.15, 0.2) is 52.2 Å². The van der Waals surface area contributed by atoms with Gasteiger partial charge in [0.05, 0.1) is 5.02 Å². The van der Waals surface area contributed by atoms with E-state index >= 15 is 0 Å². The zero-order valence-corrected chi connectivity index (χ0v) is 14.8. The zero-order chi connectivity index (χ0) is 17.4. The minimum Gasteiger partial charge on any atom is -0.436 e. The predicted octanol–water partition coefficient (Wildman–Crippen LogP) is 5.63. The summed E-state index contributed by atoms with van der Waals surface area (Å²) in [5.41, 5.74) is 1.82. The van der Waals surface area contributed by atoms with Crippen molar-refractivity contribution in [3.63, 3.8) is 0 Å². The van der Waals surface area contributed by atoms with Gasteiger partial charge in [-0.2, -0.15) is 4.98 Å². The third-order valence-corrected chi connectivity index (χ3v) is 4.27. The van der Waals surface area contributed by atoms with E-state index in [1.165, 1.54) is 18.5 Å². The van der Waals surface area contributed by atoms with Gasteiger partial charge in [0.15, 0.2) is 11.5 Å². The van der Waals surface area contributed by atoms with Crippen LogP contribution >= 0.6 is 27.5 Å². The van der Waals surface area contributed by atoms with E-state index in [0.29, 0.717) is 28.8 Å². The number of aliphatic imine (C=N–C) groups is 1. The molecule has 0 fully saturated rings. The number of benzene rings is 2. The van der Waals surface area contributed by atoms with Gasteiger partial charge in [-0.3, -0.25) is 0 Å². The molecule has 8 heteroatoms. The molecule has 1 N–H and O–H groups in total. The number of halogens is 3. The van der Waals surface area contributed by atoms with Crippen LogP contribution in [0, 0.1) is 5.82 Å². The maximum atomic E-state index is 13.3. The summed E-state index contributed by atoms with van der Waals surface area (Å²) < 4.78 is 20.1. The second kappa shape index (κ2) is 6.42. The SMILES string of the molecule is Fc1ccc(Nc2ncnc3c2N=Cc2cc(Br)ccc2O3)cc1Cl. The molecular formula is C17H9BrClFN4O. The molecule has 25 heavy (non-hydrogen) atoms. The molecule has 1 aromatic heterocycles. The quantitative estimate of drug-likeness (QED) is 0.457. The third-order valence-electron chi connectivity index (χ3n) is 3.48. The van der Waals surface area contributed by atoms with E-state index in [2.05, 4.69) is 36.2 Å². The summed E-state index contributed by atoms with van der Waals surface area (Å²) in [6.07, 6.45) is 3.05. The fourth-order valence-electron chi connectivity index (χ4n) is 2.31. The molecule has 0 bridgehead atoms. The van der Waals surface area contributed by atoms with E-state index in [0.717, 1.165) is 10.0 Å². The molecule has 1 aliphatic rings. The normalized spacial score (nSPS) is 12.0. The number of nitrogens with one attached hydrogen (secondary N) is 1. The molecular weight excluding hydrogens is 411 g/mol. The van der Waals surface area contributed by atoms with Crippen molar-refractivity contribution in [3.8, 4) is 11.6 Å². The summed E-state index contributed by atoms with van der Waals surface area (Å²) in [7, 11) is 0. The van der Waals surface area contributed by atoms with Gasteiger partial charge in [0.2, 0.25) is 0 Å². The molecule has 0 spiro atoms. The van der Waals surface area contributed by atoms with Gasteiger partial charge in [-0.25, -0.2) is 14.4 Å². The maximum Gasteiger partial charge on any atom is 0.250 e. The van der Waals surface area contributed by atoms with Crippen LogP contribution in [-0.4, -0.2) is 16.2 Å². The Morgan fingerprint density at radius 1 is 1.12 bits per heavy atom. The first kappa shape index (κ1) is 16.0. The largest absolute Gasteiger partial charge is 0.436 e. The van der Waals surface area contributed by atoms with E-state index in [-0.39, 0.29) is 5.02 Å². The van der Waals surface area contributed by atoms with Crippen molar-refractivity contribution in [2.24, 2.45) is 4.99 Å². The topological polar surface area (TPSA) is 59.4 Å².